The van der Waals surface area contributed by atoms with E-state index in [0.717, 1.165) is 5.56 Å². The molecule has 112 valence electrons. The molecule has 2 N–H and O–H groups in total. The zero-order chi connectivity index (χ0) is 14.9. The van der Waals surface area contributed by atoms with Crippen molar-refractivity contribution >= 4 is 0 Å². The van der Waals surface area contributed by atoms with E-state index in [1.54, 1.807) is 13.0 Å². The quantitative estimate of drug-likeness (QED) is 0.895. The minimum absolute atomic E-state index is 0.225. The van der Waals surface area contributed by atoms with Crippen molar-refractivity contribution < 1.29 is 18.7 Å². The van der Waals surface area contributed by atoms with Crippen molar-refractivity contribution in [2.75, 3.05) is 20.0 Å². The van der Waals surface area contributed by atoms with Crippen LogP contribution in [0, 0.1) is 0 Å². The van der Waals surface area contributed by atoms with E-state index in [0.29, 0.717) is 36.4 Å². The SMILES string of the molecule is CCOCC(C)(N)c1noc(-c2ccc3c(c2)OCO3)n1. The zero-order valence-corrected chi connectivity index (χ0v) is 12.0. The van der Waals surface area contributed by atoms with E-state index >= 15 is 0 Å². The molecule has 2 aromatic rings. The molecule has 0 fully saturated rings. The highest BCUT2D eigenvalue weighted by atomic mass is 16.7. The molecule has 3 rings (SSSR count). The Hall–Kier alpha value is -2.12. The molecule has 0 spiro atoms. The predicted molar refractivity (Wildman–Crippen MR) is 73.9 cm³/mol. The summed E-state index contributed by atoms with van der Waals surface area (Å²) in [6, 6.07) is 5.45. The Bertz CT molecular complexity index is 639. The minimum Gasteiger partial charge on any atom is -0.454 e. The molecular formula is C14H17N3O4. The van der Waals surface area contributed by atoms with Crippen LogP contribution in [0.3, 0.4) is 0 Å². The third-order valence-corrected chi connectivity index (χ3v) is 3.16. The summed E-state index contributed by atoms with van der Waals surface area (Å²) in [5, 5.41) is 3.95. The lowest BCUT2D eigenvalue weighted by Gasteiger charge is -2.19. The summed E-state index contributed by atoms with van der Waals surface area (Å²) in [4.78, 5) is 4.35. The summed E-state index contributed by atoms with van der Waals surface area (Å²) in [7, 11) is 0. The molecule has 1 aromatic heterocycles. The Balaban J connectivity index is 1.84. The maximum absolute atomic E-state index is 6.15. The lowest BCUT2D eigenvalue weighted by molar-refractivity contribution is 0.0962. The van der Waals surface area contributed by atoms with Crippen LogP contribution in [0.15, 0.2) is 22.7 Å². The summed E-state index contributed by atoms with van der Waals surface area (Å²) in [6.07, 6.45) is 0. The Morgan fingerprint density at radius 2 is 2.14 bits per heavy atom. The number of benzene rings is 1. The number of hydrogen-bond donors (Lipinski definition) is 1. The van der Waals surface area contributed by atoms with Crippen molar-refractivity contribution in [3.05, 3.63) is 24.0 Å². The largest absolute Gasteiger partial charge is 0.454 e. The second-order valence-corrected chi connectivity index (χ2v) is 5.05. The first-order chi connectivity index (χ1) is 10.1. The highest BCUT2D eigenvalue weighted by Gasteiger charge is 2.28. The molecule has 2 heterocycles. The number of ether oxygens (including phenoxy) is 3. The number of fused-ring (bicyclic) bond motifs is 1. The molecule has 0 saturated carbocycles. The van der Waals surface area contributed by atoms with Crippen LogP contribution in [-0.2, 0) is 10.3 Å². The summed E-state index contributed by atoms with van der Waals surface area (Å²) < 4.78 is 21.2. The van der Waals surface area contributed by atoms with Gasteiger partial charge in [-0.1, -0.05) is 5.16 Å². The Kier molecular flexibility index (Phi) is 3.52. The molecule has 7 nitrogen and oxygen atoms in total. The number of aromatic nitrogens is 2. The summed E-state index contributed by atoms with van der Waals surface area (Å²) in [5.74, 6) is 2.16. The van der Waals surface area contributed by atoms with E-state index < -0.39 is 5.54 Å². The Morgan fingerprint density at radius 1 is 1.33 bits per heavy atom. The van der Waals surface area contributed by atoms with Crippen LogP contribution in [-0.4, -0.2) is 30.1 Å². The molecule has 1 unspecified atom stereocenters. The molecule has 1 aliphatic heterocycles. The summed E-state index contributed by atoms with van der Waals surface area (Å²) in [6.45, 7) is 4.84. The second-order valence-electron chi connectivity index (χ2n) is 5.05. The maximum atomic E-state index is 6.15. The lowest BCUT2D eigenvalue weighted by atomic mass is 10.1. The fourth-order valence-electron chi connectivity index (χ4n) is 1.98. The fraction of sp³-hybridized carbons (Fsp3) is 0.429. The van der Waals surface area contributed by atoms with Crippen LogP contribution in [0.5, 0.6) is 11.5 Å². The number of nitrogens with zero attached hydrogens (tertiary/aromatic N) is 2. The van der Waals surface area contributed by atoms with Crippen LogP contribution in [0.1, 0.15) is 19.7 Å². The highest BCUT2D eigenvalue weighted by Crippen LogP contribution is 2.35. The van der Waals surface area contributed by atoms with Crippen molar-refractivity contribution in [3.8, 4) is 23.0 Å². The summed E-state index contributed by atoms with van der Waals surface area (Å²) >= 11 is 0. The van der Waals surface area contributed by atoms with Crippen molar-refractivity contribution in [1.29, 1.82) is 0 Å². The van der Waals surface area contributed by atoms with E-state index in [4.69, 9.17) is 24.5 Å². The number of hydrogen-bond acceptors (Lipinski definition) is 7. The van der Waals surface area contributed by atoms with Crippen LogP contribution in [0.4, 0.5) is 0 Å². The van der Waals surface area contributed by atoms with Crippen LogP contribution in [0.2, 0.25) is 0 Å². The number of rotatable bonds is 5. The maximum Gasteiger partial charge on any atom is 0.258 e. The van der Waals surface area contributed by atoms with E-state index in [1.165, 1.54) is 0 Å². The first kappa shape index (κ1) is 13.8. The molecule has 1 aromatic carbocycles. The van der Waals surface area contributed by atoms with Gasteiger partial charge in [-0.3, -0.25) is 0 Å². The van der Waals surface area contributed by atoms with E-state index in [9.17, 15) is 0 Å². The Morgan fingerprint density at radius 3 is 2.95 bits per heavy atom. The molecule has 0 bridgehead atoms. The topological polar surface area (TPSA) is 92.6 Å². The van der Waals surface area contributed by atoms with E-state index in [1.807, 2.05) is 19.1 Å². The molecule has 1 aliphatic rings. The van der Waals surface area contributed by atoms with Gasteiger partial charge in [0.05, 0.1) is 6.61 Å². The third kappa shape index (κ3) is 2.70. The normalized spacial score (nSPS) is 16.0. The van der Waals surface area contributed by atoms with Gasteiger partial charge in [-0.25, -0.2) is 0 Å². The second kappa shape index (κ2) is 5.34. The van der Waals surface area contributed by atoms with Gasteiger partial charge >= 0.3 is 0 Å². The smallest absolute Gasteiger partial charge is 0.258 e. The van der Waals surface area contributed by atoms with Crippen molar-refractivity contribution in [1.82, 2.24) is 10.1 Å². The van der Waals surface area contributed by atoms with E-state index in [2.05, 4.69) is 10.1 Å². The molecule has 0 amide bonds. The first-order valence-electron chi connectivity index (χ1n) is 6.71. The van der Waals surface area contributed by atoms with Crippen LogP contribution >= 0.6 is 0 Å². The fourth-order valence-corrected chi connectivity index (χ4v) is 1.98. The molecule has 0 aliphatic carbocycles. The first-order valence-corrected chi connectivity index (χ1v) is 6.71. The van der Waals surface area contributed by atoms with Gasteiger partial charge < -0.3 is 24.5 Å². The van der Waals surface area contributed by atoms with Gasteiger partial charge in [0.2, 0.25) is 6.79 Å². The van der Waals surface area contributed by atoms with Gasteiger partial charge in [0, 0.05) is 12.2 Å². The molecule has 7 heteroatoms. The minimum atomic E-state index is -0.798. The number of nitrogens with two attached hydrogens (primary N) is 1. The highest BCUT2D eigenvalue weighted by molar-refractivity contribution is 5.60. The van der Waals surface area contributed by atoms with Crippen LogP contribution in [0.25, 0.3) is 11.5 Å². The van der Waals surface area contributed by atoms with Gasteiger partial charge in [-0.05, 0) is 32.0 Å². The van der Waals surface area contributed by atoms with Gasteiger partial charge in [-0.15, -0.1) is 0 Å². The predicted octanol–water partition coefficient (Wildman–Crippen LogP) is 1.68. The average Bonchev–Trinajstić information content (AvgIpc) is 3.13. The summed E-state index contributed by atoms with van der Waals surface area (Å²) in [5.41, 5.74) is 6.11. The van der Waals surface area contributed by atoms with Gasteiger partial charge in [0.25, 0.3) is 5.89 Å². The monoisotopic (exact) mass is 291 g/mol. The van der Waals surface area contributed by atoms with Crippen LogP contribution < -0.4 is 15.2 Å². The average molecular weight is 291 g/mol. The van der Waals surface area contributed by atoms with Gasteiger partial charge in [-0.2, -0.15) is 4.98 Å². The van der Waals surface area contributed by atoms with Crippen molar-refractivity contribution in [2.45, 2.75) is 19.4 Å². The standard InChI is InChI=1S/C14H17N3O4/c1-3-18-7-14(2,15)13-16-12(21-17-13)9-4-5-10-11(6-9)20-8-19-10/h4-6H,3,7-8,15H2,1-2H3. The van der Waals surface area contributed by atoms with Crippen molar-refractivity contribution in [2.24, 2.45) is 5.73 Å². The molecule has 21 heavy (non-hydrogen) atoms. The molecular weight excluding hydrogens is 274 g/mol. The van der Waals surface area contributed by atoms with Gasteiger partial charge in [0.1, 0.15) is 5.54 Å². The Labute approximate surface area is 122 Å². The lowest BCUT2D eigenvalue weighted by Crippen LogP contribution is -2.39. The zero-order valence-electron chi connectivity index (χ0n) is 12.0. The molecule has 1 atom stereocenters. The van der Waals surface area contributed by atoms with E-state index in [-0.39, 0.29) is 6.79 Å². The molecule has 0 saturated heterocycles. The molecule has 0 radical (unpaired) electrons. The van der Waals surface area contributed by atoms with Gasteiger partial charge in [0.15, 0.2) is 17.3 Å². The van der Waals surface area contributed by atoms with Crippen molar-refractivity contribution in [3.63, 3.8) is 0 Å². The third-order valence-electron chi connectivity index (χ3n) is 3.16.